The number of halogens is 1. The molecule has 0 radical (unpaired) electrons. The largest absolute Gasteiger partial charge is 0.383 e. The van der Waals surface area contributed by atoms with Gasteiger partial charge in [0.05, 0.1) is 17.9 Å². The number of nitrogens with zero attached hydrogens (tertiary/aromatic N) is 2. The number of rotatable bonds is 6. The second-order valence-electron chi connectivity index (χ2n) is 5.18. The molecule has 18 heavy (non-hydrogen) atoms. The molecule has 0 saturated heterocycles. The maximum Gasteiger partial charge on any atom is 0.283 e. The maximum absolute atomic E-state index is 12.0. The van der Waals surface area contributed by atoms with Crippen LogP contribution in [0.1, 0.15) is 46.6 Å². The molecule has 0 aliphatic carbocycles. The zero-order chi connectivity index (χ0) is 13.7. The molecule has 1 aromatic heterocycles. The molecule has 1 heterocycles. The van der Waals surface area contributed by atoms with Gasteiger partial charge in [-0.25, -0.2) is 4.68 Å². The van der Waals surface area contributed by atoms with Gasteiger partial charge in [0.25, 0.3) is 5.56 Å². The minimum absolute atomic E-state index is 0.0730. The van der Waals surface area contributed by atoms with Gasteiger partial charge < -0.3 is 5.32 Å². The molecule has 1 rings (SSSR count). The molecule has 0 aliphatic heterocycles. The van der Waals surface area contributed by atoms with Crippen molar-refractivity contribution in [1.29, 1.82) is 0 Å². The van der Waals surface area contributed by atoms with Crippen LogP contribution in [-0.4, -0.2) is 16.3 Å². The molecule has 0 aromatic carbocycles. The molecule has 1 aromatic rings. The monoisotopic (exact) mass is 315 g/mol. The van der Waals surface area contributed by atoms with E-state index in [2.05, 4.69) is 40.2 Å². The summed E-state index contributed by atoms with van der Waals surface area (Å²) in [6.45, 7) is 9.17. The smallest absolute Gasteiger partial charge is 0.283 e. The second kappa shape index (κ2) is 6.92. The van der Waals surface area contributed by atoms with Crippen LogP contribution in [0.4, 0.5) is 5.69 Å². The standard InChI is InChI=1S/C13H22BrN3O/c1-9(2)6-5-7-15-11-8-16-17(10(3)4)13(18)12(11)14/h8-10,15H,5-7H2,1-4H3. The van der Waals surface area contributed by atoms with Gasteiger partial charge in [-0.1, -0.05) is 13.8 Å². The third kappa shape index (κ3) is 4.12. The lowest BCUT2D eigenvalue weighted by Gasteiger charge is -2.12. The first-order valence-electron chi connectivity index (χ1n) is 6.44. The number of aromatic nitrogens is 2. The van der Waals surface area contributed by atoms with Crippen LogP contribution in [0.2, 0.25) is 0 Å². The first-order valence-corrected chi connectivity index (χ1v) is 7.24. The molecule has 1 N–H and O–H groups in total. The van der Waals surface area contributed by atoms with E-state index in [-0.39, 0.29) is 11.6 Å². The van der Waals surface area contributed by atoms with Gasteiger partial charge in [0.2, 0.25) is 0 Å². The molecule has 0 fully saturated rings. The van der Waals surface area contributed by atoms with Crippen LogP contribution in [0.3, 0.4) is 0 Å². The van der Waals surface area contributed by atoms with Gasteiger partial charge in [0.1, 0.15) is 4.47 Å². The summed E-state index contributed by atoms with van der Waals surface area (Å²) in [5.41, 5.74) is 0.694. The van der Waals surface area contributed by atoms with Crippen LogP contribution in [0, 0.1) is 5.92 Å². The predicted molar refractivity (Wildman–Crippen MR) is 79.1 cm³/mol. The fourth-order valence-electron chi connectivity index (χ4n) is 1.67. The lowest BCUT2D eigenvalue weighted by molar-refractivity contribution is 0.501. The third-order valence-electron chi connectivity index (χ3n) is 2.71. The van der Waals surface area contributed by atoms with Crippen molar-refractivity contribution in [1.82, 2.24) is 9.78 Å². The molecule has 4 nitrogen and oxygen atoms in total. The summed E-state index contributed by atoms with van der Waals surface area (Å²) in [6.07, 6.45) is 3.99. The highest BCUT2D eigenvalue weighted by Gasteiger charge is 2.10. The number of nitrogens with one attached hydrogen (secondary N) is 1. The summed E-state index contributed by atoms with van der Waals surface area (Å²) in [5, 5.41) is 7.42. The fourth-order valence-corrected chi connectivity index (χ4v) is 2.09. The first kappa shape index (κ1) is 15.2. The van der Waals surface area contributed by atoms with E-state index in [0.717, 1.165) is 18.7 Å². The van der Waals surface area contributed by atoms with Gasteiger partial charge in [0.15, 0.2) is 0 Å². The lowest BCUT2D eigenvalue weighted by Crippen LogP contribution is -2.26. The van der Waals surface area contributed by atoms with Crippen LogP contribution in [-0.2, 0) is 0 Å². The van der Waals surface area contributed by atoms with Gasteiger partial charge in [-0.2, -0.15) is 5.10 Å². The molecule has 0 bridgehead atoms. The Balaban J connectivity index is 2.68. The summed E-state index contributed by atoms with van der Waals surface area (Å²) in [4.78, 5) is 12.0. The molecule has 0 amide bonds. The van der Waals surface area contributed by atoms with E-state index < -0.39 is 0 Å². The Morgan fingerprint density at radius 2 is 2.06 bits per heavy atom. The zero-order valence-corrected chi connectivity index (χ0v) is 13.1. The average molecular weight is 316 g/mol. The van der Waals surface area contributed by atoms with Crippen LogP contribution in [0.15, 0.2) is 15.5 Å². The molecule has 5 heteroatoms. The van der Waals surface area contributed by atoms with Gasteiger partial charge >= 0.3 is 0 Å². The highest BCUT2D eigenvalue weighted by atomic mass is 79.9. The maximum atomic E-state index is 12.0. The van der Waals surface area contributed by atoms with Crippen molar-refractivity contribution in [3.63, 3.8) is 0 Å². The van der Waals surface area contributed by atoms with E-state index in [0.29, 0.717) is 10.4 Å². The zero-order valence-electron chi connectivity index (χ0n) is 11.5. The fraction of sp³-hybridized carbons (Fsp3) is 0.692. The Kier molecular flexibility index (Phi) is 5.85. The topological polar surface area (TPSA) is 46.9 Å². The summed E-state index contributed by atoms with van der Waals surface area (Å²) < 4.78 is 2.04. The molecule has 0 unspecified atom stereocenters. The van der Waals surface area contributed by atoms with Crippen LogP contribution in [0.5, 0.6) is 0 Å². The molecule has 0 aliphatic rings. The minimum Gasteiger partial charge on any atom is -0.383 e. The Morgan fingerprint density at radius 1 is 1.39 bits per heavy atom. The van der Waals surface area contributed by atoms with E-state index in [4.69, 9.17) is 0 Å². The van der Waals surface area contributed by atoms with E-state index in [1.807, 2.05) is 13.8 Å². The Labute approximate surface area is 117 Å². The van der Waals surface area contributed by atoms with Crippen molar-refractivity contribution in [2.24, 2.45) is 5.92 Å². The SMILES string of the molecule is CC(C)CCCNc1cnn(C(C)C)c(=O)c1Br. The van der Waals surface area contributed by atoms with Crippen molar-refractivity contribution in [2.75, 3.05) is 11.9 Å². The molecule has 0 spiro atoms. The Hall–Kier alpha value is -0.840. The molecule has 102 valence electrons. The normalized spacial score (nSPS) is 11.3. The second-order valence-corrected chi connectivity index (χ2v) is 5.97. The van der Waals surface area contributed by atoms with E-state index in [9.17, 15) is 4.79 Å². The van der Waals surface area contributed by atoms with E-state index in [1.165, 1.54) is 11.1 Å². The predicted octanol–water partition coefficient (Wildman–Crippen LogP) is 3.43. The van der Waals surface area contributed by atoms with Crippen LogP contribution >= 0.6 is 15.9 Å². The highest BCUT2D eigenvalue weighted by molar-refractivity contribution is 9.10. The van der Waals surface area contributed by atoms with Crippen LogP contribution in [0.25, 0.3) is 0 Å². The Bertz CT molecular complexity index is 440. The summed E-state index contributed by atoms with van der Waals surface area (Å²) >= 11 is 3.34. The molecular formula is C13H22BrN3O. The van der Waals surface area contributed by atoms with Gasteiger partial charge in [-0.3, -0.25) is 4.79 Å². The minimum atomic E-state index is -0.0844. The molecule has 0 atom stereocenters. The van der Waals surface area contributed by atoms with Crippen molar-refractivity contribution in [3.8, 4) is 0 Å². The van der Waals surface area contributed by atoms with Gasteiger partial charge in [-0.15, -0.1) is 0 Å². The highest BCUT2D eigenvalue weighted by Crippen LogP contribution is 2.17. The van der Waals surface area contributed by atoms with Gasteiger partial charge in [0, 0.05) is 6.54 Å². The first-order chi connectivity index (χ1) is 8.43. The third-order valence-corrected chi connectivity index (χ3v) is 3.47. The summed E-state index contributed by atoms with van der Waals surface area (Å²) in [6, 6.07) is 0.0730. The van der Waals surface area contributed by atoms with E-state index >= 15 is 0 Å². The number of hydrogen-bond acceptors (Lipinski definition) is 3. The van der Waals surface area contributed by atoms with Crippen molar-refractivity contribution >= 4 is 21.6 Å². The quantitative estimate of drug-likeness (QED) is 0.818. The lowest BCUT2D eigenvalue weighted by atomic mass is 10.1. The summed E-state index contributed by atoms with van der Waals surface area (Å²) in [7, 11) is 0. The number of anilines is 1. The van der Waals surface area contributed by atoms with Crippen molar-refractivity contribution in [3.05, 3.63) is 21.0 Å². The van der Waals surface area contributed by atoms with Crippen molar-refractivity contribution < 1.29 is 0 Å². The van der Waals surface area contributed by atoms with Crippen LogP contribution < -0.4 is 10.9 Å². The van der Waals surface area contributed by atoms with Gasteiger partial charge in [-0.05, 0) is 48.5 Å². The Morgan fingerprint density at radius 3 is 2.61 bits per heavy atom. The molecule has 0 saturated carbocycles. The summed E-state index contributed by atoms with van der Waals surface area (Å²) in [5.74, 6) is 0.710. The van der Waals surface area contributed by atoms with Crippen molar-refractivity contribution in [2.45, 2.75) is 46.6 Å². The van der Waals surface area contributed by atoms with E-state index in [1.54, 1.807) is 6.20 Å². The number of hydrogen-bond donors (Lipinski definition) is 1. The average Bonchev–Trinajstić information content (AvgIpc) is 2.29. The molecular weight excluding hydrogens is 294 g/mol.